The molecule has 0 saturated carbocycles. The summed E-state index contributed by atoms with van der Waals surface area (Å²) >= 11 is 0. The van der Waals surface area contributed by atoms with E-state index >= 15 is 0 Å². The van der Waals surface area contributed by atoms with E-state index in [0.29, 0.717) is 11.4 Å². The highest BCUT2D eigenvalue weighted by molar-refractivity contribution is 5.91. The molecule has 2 heterocycles. The molecule has 0 atom stereocenters. The van der Waals surface area contributed by atoms with Crippen LogP contribution in [0.5, 0.6) is 0 Å². The predicted octanol–water partition coefficient (Wildman–Crippen LogP) is 2.14. The average Bonchev–Trinajstić information content (AvgIpc) is 3.04. The molecule has 0 unspecified atom stereocenters. The Morgan fingerprint density at radius 3 is 2.91 bits per heavy atom. The number of benzene rings is 1. The zero-order chi connectivity index (χ0) is 15.4. The SMILES string of the molecule is O=C(Cn1ccccc1=O)Nc1cccc(-c2cnco2)c1. The molecule has 110 valence electrons. The number of amides is 1. The Labute approximate surface area is 126 Å². The highest BCUT2D eigenvalue weighted by Gasteiger charge is 2.07. The molecule has 0 saturated heterocycles. The lowest BCUT2D eigenvalue weighted by atomic mass is 10.1. The van der Waals surface area contributed by atoms with Gasteiger partial charge in [-0.25, -0.2) is 4.98 Å². The Balaban J connectivity index is 1.73. The summed E-state index contributed by atoms with van der Waals surface area (Å²) in [4.78, 5) is 27.5. The van der Waals surface area contributed by atoms with E-state index in [1.54, 1.807) is 36.7 Å². The molecule has 0 aliphatic heterocycles. The highest BCUT2D eigenvalue weighted by Crippen LogP contribution is 2.21. The normalized spacial score (nSPS) is 10.4. The van der Waals surface area contributed by atoms with Crippen LogP contribution >= 0.6 is 0 Å². The van der Waals surface area contributed by atoms with Crippen LogP contribution in [-0.4, -0.2) is 15.5 Å². The van der Waals surface area contributed by atoms with E-state index in [1.807, 2.05) is 12.1 Å². The lowest BCUT2D eigenvalue weighted by molar-refractivity contribution is -0.116. The maximum absolute atomic E-state index is 12.0. The van der Waals surface area contributed by atoms with Crippen molar-refractivity contribution < 1.29 is 9.21 Å². The van der Waals surface area contributed by atoms with Crippen molar-refractivity contribution in [3.8, 4) is 11.3 Å². The quantitative estimate of drug-likeness (QED) is 0.800. The third-order valence-corrected chi connectivity index (χ3v) is 3.08. The van der Waals surface area contributed by atoms with Gasteiger partial charge in [-0.1, -0.05) is 18.2 Å². The van der Waals surface area contributed by atoms with Crippen molar-refractivity contribution in [2.45, 2.75) is 6.54 Å². The molecular weight excluding hydrogens is 282 g/mol. The van der Waals surface area contributed by atoms with Gasteiger partial charge in [-0.05, 0) is 18.2 Å². The van der Waals surface area contributed by atoms with Crippen LogP contribution < -0.4 is 10.9 Å². The first-order chi connectivity index (χ1) is 10.7. The van der Waals surface area contributed by atoms with E-state index < -0.39 is 0 Å². The molecule has 3 rings (SSSR count). The fraction of sp³-hybridized carbons (Fsp3) is 0.0625. The summed E-state index contributed by atoms with van der Waals surface area (Å²) in [6, 6.07) is 12.0. The van der Waals surface area contributed by atoms with Gasteiger partial charge in [0.05, 0.1) is 6.20 Å². The second-order valence-electron chi connectivity index (χ2n) is 4.66. The number of pyridine rings is 1. The molecule has 6 heteroatoms. The summed E-state index contributed by atoms with van der Waals surface area (Å²) in [6.07, 6.45) is 4.53. The van der Waals surface area contributed by atoms with Gasteiger partial charge in [0, 0.05) is 23.5 Å². The molecule has 3 aromatic rings. The maximum Gasteiger partial charge on any atom is 0.250 e. The average molecular weight is 295 g/mol. The van der Waals surface area contributed by atoms with E-state index in [1.165, 1.54) is 17.0 Å². The summed E-state index contributed by atoms with van der Waals surface area (Å²) in [5, 5.41) is 2.76. The first-order valence-corrected chi connectivity index (χ1v) is 6.66. The Kier molecular flexibility index (Phi) is 3.82. The van der Waals surface area contributed by atoms with Gasteiger partial charge >= 0.3 is 0 Å². The molecule has 0 aliphatic rings. The minimum absolute atomic E-state index is 0.0355. The van der Waals surface area contributed by atoms with Gasteiger partial charge in [-0.2, -0.15) is 0 Å². The summed E-state index contributed by atoms with van der Waals surface area (Å²) in [6.45, 7) is -0.0355. The van der Waals surface area contributed by atoms with Crippen molar-refractivity contribution in [2.24, 2.45) is 0 Å². The molecule has 1 N–H and O–H groups in total. The van der Waals surface area contributed by atoms with Crippen LogP contribution in [-0.2, 0) is 11.3 Å². The number of nitrogens with one attached hydrogen (secondary N) is 1. The van der Waals surface area contributed by atoms with Crippen molar-refractivity contribution in [3.63, 3.8) is 0 Å². The first kappa shape index (κ1) is 13.8. The van der Waals surface area contributed by atoms with Gasteiger partial charge in [0.15, 0.2) is 12.2 Å². The molecule has 0 fully saturated rings. The molecule has 0 radical (unpaired) electrons. The number of carbonyl (C=O) groups excluding carboxylic acids is 1. The monoisotopic (exact) mass is 295 g/mol. The van der Waals surface area contributed by atoms with Crippen LogP contribution in [0.4, 0.5) is 5.69 Å². The maximum atomic E-state index is 12.0. The third-order valence-electron chi connectivity index (χ3n) is 3.08. The summed E-state index contributed by atoms with van der Waals surface area (Å²) < 4.78 is 6.56. The fourth-order valence-electron chi connectivity index (χ4n) is 2.06. The molecule has 0 aliphatic carbocycles. The fourth-order valence-corrected chi connectivity index (χ4v) is 2.06. The van der Waals surface area contributed by atoms with Crippen molar-refractivity contribution in [3.05, 3.63) is 71.6 Å². The van der Waals surface area contributed by atoms with Gasteiger partial charge < -0.3 is 14.3 Å². The van der Waals surface area contributed by atoms with Gasteiger partial charge in [-0.3, -0.25) is 9.59 Å². The Morgan fingerprint density at radius 2 is 2.14 bits per heavy atom. The minimum Gasteiger partial charge on any atom is -0.444 e. The summed E-state index contributed by atoms with van der Waals surface area (Å²) in [5.74, 6) is 0.346. The third kappa shape index (κ3) is 3.12. The Morgan fingerprint density at radius 1 is 1.23 bits per heavy atom. The molecule has 0 bridgehead atoms. The van der Waals surface area contributed by atoms with Crippen LogP contribution in [0.15, 0.2) is 70.5 Å². The smallest absolute Gasteiger partial charge is 0.250 e. The molecular formula is C16H13N3O3. The second kappa shape index (κ2) is 6.09. The van der Waals surface area contributed by atoms with Crippen LogP contribution in [0.3, 0.4) is 0 Å². The zero-order valence-electron chi connectivity index (χ0n) is 11.6. The molecule has 0 spiro atoms. The topological polar surface area (TPSA) is 77.1 Å². The van der Waals surface area contributed by atoms with Gasteiger partial charge in [-0.15, -0.1) is 0 Å². The highest BCUT2D eigenvalue weighted by atomic mass is 16.3. The predicted molar refractivity (Wildman–Crippen MR) is 81.3 cm³/mol. The number of anilines is 1. The number of hydrogen-bond acceptors (Lipinski definition) is 4. The lowest BCUT2D eigenvalue weighted by Crippen LogP contribution is -2.26. The van der Waals surface area contributed by atoms with Gasteiger partial charge in [0.2, 0.25) is 5.91 Å². The van der Waals surface area contributed by atoms with Crippen molar-refractivity contribution in [1.82, 2.24) is 9.55 Å². The van der Waals surface area contributed by atoms with Crippen molar-refractivity contribution in [2.75, 3.05) is 5.32 Å². The molecule has 1 amide bonds. The number of oxazole rings is 1. The van der Waals surface area contributed by atoms with Crippen molar-refractivity contribution >= 4 is 11.6 Å². The second-order valence-corrected chi connectivity index (χ2v) is 4.66. The van der Waals surface area contributed by atoms with E-state index in [4.69, 9.17) is 4.42 Å². The van der Waals surface area contributed by atoms with E-state index in [-0.39, 0.29) is 18.0 Å². The number of aromatic nitrogens is 2. The Hall–Kier alpha value is -3.15. The van der Waals surface area contributed by atoms with Gasteiger partial charge in [0.25, 0.3) is 5.56 Å². The lowest BCUT2D eigenvalue weighted by Gasteiger charge is -2.08. The molecule has 22 heavy (non-hydrogen) atoms. The van der Waals surface area contributed by atoms with Crippen molar-refractivity contribution in [1.29, 1.82) is 0 Å². The zero-order valence-corrected chi connectivity index (χ0v) is 11.6. The number of carbonyl (C=O) groups is 1. The molecule has 2 aromatic heterocycles. The minimum atomic E-state index is -0.275. The first-order valence-electron chi connectivity index (χ1n) is 6.66. The standard InChI is InChI=1S/C16H13N3O3/c20-15(10-19-7-2-1-6-16(19)21)18-13-5-3-4-12(8-13)14-9-17-11-22-14/h1-9,11H,10H2,(H,18,20). The van der Waals surface area contributed by atoms with Crippen LogP contribution in [0.1, 0.15) is 0 Å². The Bertz CT molecular complexity index is 838. The number of hydrogen-bond donors (Lipinski definition) is 1. The van der Waals surface area contributed by atoms with E-state index in [0.717, 1.165) is 5.56 Å². The molecule has 1 aromatic carbocycles. The number of rotatable bonds is 4. The van der Waals surface area contributed by atoms with E-state index in [2.05, 4.69) is 10.3 Å². The van der Waals surface area contributed by atoms with Crippen LogP contribution in [0.25, 0.3) is 11.3 Å². The van der Waals surface area contributed by atoms with E-state index in [9.17, 15) is 9.59 Å². The summed E-state index contributed by atoms with van der Waals surface area (Å²) in [5.41, 5.74) is 1.23. The number of nitrogens with zero attached hydrogens (tertiary/aromatic N) is 2. The summed E-state index contributed by atoms with van der Waals surface area (Å²) in [7, 11) is 0. The van der Waals surface area contributed by atoms with Crippen LogP contribution in [0.2, 0.25) is 0 Å². The molecule has 6 nitrogen and oxygen atoms in total. The van der Waals surface area contributed by atoms with Crippen LogP contribution in [0, 0.1) is 0 Å². The van der Waals surface area contributed by atoms with Gasteiger partial charge in [0.1, 0.15) is 6.54 Å². The largest absolute Gasteiger partial charge is 0.444 e.